The first-order chi connectivity index (χ1) is 15.3. The molecular formula is C22H21ClF2N2O4S. The number of piperidine rings is 1. The van der Waals surface area contributed by atoms with Crippen LogP contribution in [-0.2, 0) is 14.3 Å². The van der Waals surface area contributed by atoms with E-state index < -0.39 is 24.2 Å². The van der Waals surface area contributed by atoms with Gasteiger partial charge in [0.2, 0.25) is 0 Å². The number of carbonyl (C=O) groups is 3. The van der Waals surface area contributed by atoms with E-state index in [1.54, 1.807) is 29.2 Å². The number of anilines is 1. The van der Waals surface area contributed by atoms with Gasteiger partial charge in [0.1, 0.15) is 0 Å². The van der Waals surface area contributed by atoms with Crippen molar-refractivity contribution in [2.45, 2.75) is 23.5 Å². The third-order valence-electron chi connectivity index (χ3n) is 4.92. The van der Waals surface area contributed by atoms with E-state index in [2.05, 4.69) is 5.32 Å². The van der Waals surface area contributed by atoms with E-state index in [0.717, 1.165) is 0 Å². The summed E-state index contributed by atoms with van der Waals surface area (Å²) in [6.07, 6.45) is 0.895. The smallest absolute Gasteiger partial charge is 0.309 e. The fourth-order valence-corrected chi connectivity index (χ4v) is 3.89. The van der Waals surface area contributed by atoms with E-state index in [1.165, 1.54) is 24.3 Å². The molecule has 0 radical (unpaired) electrons. The minimum absolute atomic E-state index is 0.120. The summed E-state index contributed by atoms with van der Waals surface area (Å²) in [4.78, 5) is 38.9. The number of esters is 1. The Morgan fingerprint density at radius 3 is 2.28 bits per heavy atom. The van der Waals surface area contributed by atoms with Gasteiger partial charge in [-0.15, -0.1) is 0 Å². The predicted octanol–water partition coefficient (Wildman–Crippen LogP) is 4.69. The van der Waals surface area contributed by atoms with E-state index in [1.807, 2.05) is 0 Å². The number of carbonyl (C=O) groups excluding carboxylic acids is 3. The fraction of sp³-hybridized carbons (Fsp3) is 0.318. The van der Waals surface area contributed by atoms with Gasteiger partial charge in [-0.3, -0.25) is 14.4 Å². The van der Waals surface area contributed by atoms with E-state index in [9.17, 15) is 23.2 Å². The van der Waals surface area contributed by atoms with Crippen LogP contribution in [0.15, 0.2) is 53.4 Å². The fourth-order valence-electron chi connectivity index (χ4n) is 3.26. The molecule has 0 spiro atoms. The molecule has 2 aromatic rings. The zero-order chi connectivity index (χ0) is 23.1. The van der Waals surface area contributed by atoms with Crippen LogP contribution in [0.25, 0.3) is 0 Å². The molecule has 6 nitrogen and oxygen atoms in total. The highest BCUT2D eigenvalue weighted by Gasteiger charge is 2.29. The molecular weight excluding hydrogens is 462 g/mol. The Morgan fingerprint density at radius 1 is 1.06 bits per heavy atom. The second-order valence-electron chi connectivity index (χ2n) is 7.13. The Bertz CT molecular complexity index is 949. The lowest BCUT2D eigenvalue weighted by Crippen LogP contribution is -2.41. The van der Waals surface area contributed by atoms with Crippen LogP contribution in [-0.4, -0.2) is 48.1 Å². The number of hydrogen-bond donors (Lipinski definition) is 1. The van der Waals surface area contributed by atoms with E-state index in [0.29, 0.717) is 58.9 Å². The number of benzene rings is 2. The molecule has 1 saturated heterocycles. The van der Waals surface area contributed by atoms with Gasteiger partial charge in [-0.25, -0.2) is 0 Å². The predicted molar refractivity (Wildman–Crippen MR) is 118 cm³/mol. The zero-order valence-corrected chi connectivity index (χ0v) is 18.5. The Balaban J connectivity index is 1.40. The number of ether oxygens (including phenoxy) is 1. The third-order valence-corrected chi connectivity index (χ3v) is 5.89. The summed E-state index contributed by atoms with van der Waals surface area (Å²) >= 11 is 6.26. The summed E-state index contributed by atoms with van der Waals surface area (Å²) in [6, 6.07) is 12.6. The van der Waals surface area contributed by atoms with Crippen LogP contribution in [0.4, 0.5) is 14.5 Å². The SMILES string of the molecule is O=C(COC(=O)C1CCN(C(=O)c2ccc(Cl)cc2)CC1)Nc1ccc(SC(F)F)cc1. The van der Waals surface area contributed by atoms with Crippen LogP contribution in [0.2, 0.25) is 5.02 Å². The Morgan fingerprint density at radius 2 is 1.69 bits per heavy atom. The topological polar surface area (TPSA) is 75.7 Å². The first-order valence-corrected chi connectivity index (χ1v) is 11.1. The molecule has 0 unspecified atom stereocenters. The van der Waals surface area contributed by atoms with Gasteiger partial charge in [0.15, 0.2) is 6.61 Å². The second kappa shape index (κ2) is 11.3. The number of halogens is 3. The highest BCUT2D eigenvalue weighted by molar-refractivity contribution is 7.99. The molecule has 1 fully saturated rings. The molecule has 170 valence electrons. The highest BCUT2D eigenvalue weighted by Crippen LogP contribution is 2.26. The maximum Gasteiger partial charge on any atom is 0.309 e. The molecule has 1 aliphatic rings. The van der Waals surface area contributed by atoms with Crippen molar-refractivity contribution in [3.05, 3.63) is 59.1 Å². The largest absolute Gasteiger partial charge is 0.455 e. The third kappa shape index (κ3) is 6.93. The molecule has 0 aliphatic carbocycles. The number of nitrogens with one attached hydrogen (secondary N) is 1. The van der Waals surface area contributed by atoms with Crippen LogP contribution in [0, 0.1) is 5.92 Å². The Labute approximate surface area is 193 Å². The average molecular weight is 483 g/mol. The number of nitrogens with zero attached hydrogens (tertiary/aromatic N) is 1. The minimum Gasteiger partial charge on any atom is -0.455 e. The molecule has 32 heavy (non-hydrogen) atoms. The molecule has 1 N–H and O–H groups in total. The van der Waals surface area contributed by atoms with Crippen LogP contribution in [0.5, 0.6) is 0 Å². The minimum atomic E-state index is -2.52. The standard InChI is InChI=1S/C22H21ClF2N2O4S/c23-16-3-1-14(2-4-16)20(29)27-11-9-15(10-12-27)21(30)31-13-19(28)26-17-5-7-18(8-6-17)32-22(24)25/h1-8,15,22H,9-13H2,(H,26,28). The lowest BCUT2D eigenvalue weighted by atomic mass is 9.96. The number of alkyl halides is 2. The lowest BCUT2D eigenvalue weighted by Gasteiger charge is -2.31. The summed E-state index contributed by atoms with van der Waals surface area (Å²) in [7, 11) is 0. The first-order valence-electron chi connectivity index (χ1n) is 9.88. The van der Waals surface area contributed by atoms with Crippen molar-refractivity contribution < 1.29 is 27.9 Å². The van der Waals surface area contributed by atoms with Crippen molar-refractivity contribution in [1.82, 2.24) is 4.90 Å². The molecule has 2 aromatic carbocycles. The number of rotatable bonds is 7. The quantitative estimate of drug-likeness (QED) is 0.457. The number of thioether (sulfide) groups is 1. The maximum absolute atomic E-state index is 12.5. The van der Waals surface area contributed by atoms with Crippen molar-refractivity contribution in [3.8, 4) is 0 Å². The van der Waals surface area contributed by atoms with E-state index in [-0.39, 0.29) is 11.8 Å². The van der Waals surface area contributed by atoms with Gasteiger partial charge in [0.25, 0.3) is 17.6 Å². The normalized spacial score (nSPS) is 14.3. The number of likely N-dealkylation sites (tertiary alicyclic amines) is 1. The van der Waals surface area contributed by atoms with Gasteiger partial charge in [0, 0.05) is 34.3 Å². The molecule has 0 bridgehead atoms. The number of amides is 2. The maximum atomic E-state index is 12.5. The molecule has 3 rings (SSSR count). The summed E-state index contributed by atoms with van der Waals surface area (Å²) in [5.74, 6) is -4.03. The average Bonchev–Trinajstić information content (AvgIpc) is 2.78. The van der Waals surface area contributed by atoms with Gasteiger partial charge in [-0.2, -0.15) is 8.78 Å². The van der Waals surface area contributed by atoms with Gasteiger partial charge >= 0.3 is 5.97 Å². The molecule has 0 aromatic heterocycles. The first kappa shape index (κ1) is 24.0. The molecule has 10 heteroatoms. The van der Waals surface area contributed by atoms with Crippen LogP contribution in [0.3, 0.4) is 0 Å². The highest BCUT2D eigenvalue weighted by atomic mass is 35.5. The Kier molecular flexibility index (Phi) is 8.46. The summed E-state index contributed by atoms with van der Waals surface area (Å²) in [5.41, 5.74) is 0.951. The summed E-state index contributed by atoms with van der Waals surface area (Å²) in [6.45, 7) is 0.378. The van der Waals surface area contributed by atoms with Crippen LogP contribution >= 0.6 is 23.4 Å². The van der Waals surface area contributed by atoms with Gasteiger partial charge in [-0.05, 0) is 61.4 Å². The van der Waals surface area contributed by atoms with Crippen LogP contribution in [0.1, 0.15) is 23.2 Å². The summed E-state index contributed by atoms with van der Waals surface area (Å²) < 4.78 is 29.8. The zero-order valence-electron chi connectivity index (χ0n) is 16.9. The summed E-state index contributed by atoms with van der Waals surface area (Å²) in [5, 5.41) is 3.10. The molecule has 0 atom stereocenters. The van der Waals surface area contributed by atoms with Crippen molar-refractivity contribution in [2.24, 2.45) is 5.92 Å². The molecule has 0 saturated carbocycles. The van der Waals surface area contributed by atoms with E-state index >= 15 is 0 Å². The van der Waals surface area contributed by atoms with Crippen molar-refractivity contribution in [3.63, 3.8) is 0 Å². The van der Waals surface area contributed by atoms with Crippen molar-refractivity contribution in [1.29, 1.82) is 0 Å². The lowest BCUT2D eigenvalue weighted by molar-refractivity contribution is -0.152. The van der Waals surface area contributed by atoms with E-state index in [4.69, 9.17) is 16.3 Å². The van der Waals surface area contributed by atoms with Gasteiger partial charge in [-0.1, -0.05) is 23.4 Å². The second-order valence-corrected chi connectivity index (χ2v) is 8.63. The van der Waals surface area contributed by atoms with Crippen molar-refractivity contribution in [2.75, 3.05) is 25.0 Å². The monoisotopic (exact) mass is 482 g/mol. The van der Waals surface area contributed by atoms with Crippen LogP contribution < -0.4 is 5.32 Å². The van der Waals surface area contributed by atoms with Crippen molar-refractivity contribution >= 4 is 46.8 Å². The van der Waals surface area contributed by atoms with Gasteiger partial charge in [0.05, 0.1) is 5.92 Å². The number of hydrogen-bond acceptors (Lipinski definition) is 5. The Hall–Kier alpha value is -2.65. The molecule has 1 aliphatic heterocycles. The molecule has 1 heterocycles. The molecule has 2 amide bonds. The van der Waals surface area contributed by atoms with Gasteiger partial charge < -0.3 is 15.0 Å².